The van der Waals surface area contributed by atoms with Crippen LogP contribution in [0.3, 0.4) is 0 Å². The van der Waals surface area contributed by atoms with Crippen molar-refractivity contribution in [3.05, 3.63) is 64.2 Å². The lowest BCUT2D eigenvalue weighted by Gasteiger charge is -2.28. The summed E-state index contributed by atoms with van der Waals surface area (Å²) in [5.74, 6) is 0.431. The highest BCUT2D eigenvalue weighted by Crippen LogP contribution is 2.25. The second-order valence-electron chi connectivity index (χ2n) is 8.78. The minimum atomic E-state index is 0.247. The highest BCUT2D eigenvalue weighted by Gasteiger charge is 2.16. The molecule has 1 aliphatic rings. The number of hydrogen-bond acceptors (Lipinski definition) is 9. The molecular weight excluding hydrogens is 460 g/mol. The van der Waals surface area contributed by atoms with Crippen LogP contribution in [0, 0.1) is 18.3 Å². The van der Waals surface area contributed by atoms with Gasteiger partial charge in [-0.15, -0.1) is 11.3 Å². The summed E-state index contributed by atoms with van der Waals surface area (Å²) >= 11 is 1.46. The van der Waals surface area contributed by atoms with Crippen molar-refractivity contribution in [3.63, 3.8) is 0 Å². The lowest BCUT2D eigenvalue weighted by molar-refractivity contribution is 0.0414. The Hall–Kier alpha value is -3.01. The van der Waals surface area contributed by atoms with E-state index in [1.54, 1.807) is 18.5 Å². The van der Waals surface area contributed by atoms with E-state index in [1.165, 1.54) is 16.9 Å². The molecule has 9 heteroatoms. The lowest BCUT2D eigenvalue weighted by Crippen LogP contribution is -2.38. The van der Waals surface area contributed by atoms with Gasteiger partial charge in [0, 0.05) is 32.0 Å². The summed E-state index contributed by atoms with van der Waals surface area (Å²) in [5.41, 5.74) is 4.83. The molecule has 0 saturated carbocycles. The van der Waals surface area contributed by atoms with Crippen LogP contribution in [0.25, 0.3) is 10.2 Å². The summed E-state index contributed by atoms with van der Waals surface area (Å²) in [6, 6.07) is 3.88. The van der Waals surface area contributed by atoms with Crippen LogP contribution < -0.4 is 4.74 Å². The van der Waals surface area contributed by atoms with E-state index in [9.17, 15) is 0 Å². The molecule has 3 aromatic rings. The fourth-order valence-corrected chi connectivity index (χ4v) is 4.73. The maximum Gasteiger partial charge on any atom is 0.317 e. The molecule has 4 heterocycles. The highest BCUT2D eigenvalue weighted by molar-refractivity contribution is 7.20. The highest BCUT2D eigenvalue weighted by atomic mass is 32.1. The van der Waals surface area contributed by atoms with E-state index in [2.05, 4.69) is 50.8 Å². The number of hydrogen-bond donors (Lipinski definition) is 1. The van der Waals surface area contributed by atoms with Crippen LogP contribution in [-0.2, 0) is 4.74 Å². The van der Waals surface area contributed by atoms with Gasteiger partial charge in [-0.05, 0) is 37.5 Å². The molecule has 3 aromatic heterocycles. The third kappa shape index (κ3) is 6.36. The van der Waals surface area contributed by atoms with Crippen LogP contribution in [0.1, 0.15) is 37.2 Å². The number of thiazole rings is 1. The number of fused-ring (bicyclic) bond motifs is 1. The molecule has 4 rings (SSSR count). The summed E-state index contributed by atoms with van der Waals surface area (Å²) in [6.45, 7) is 13.2. The first-order valence-electron chi connectivity index (χ1n) is 11.9. The van der Waals surface area contributed by atoms with Crippen LogP contribution in [-0.4, -0.2) is 70.0 Å². The Labute approximate surface area is 210 Å². The molecule has 0 radical (unpaired) electrons. The average molecular weight is 493 g/mol. The number of rotatable bonds is 9. The summed E-state index contributed by atoms with van der Waals surface area (Å²) in [6.07, 6.45) is 7.67. The fraction of sp³-hybridized carbons (Fsp3) is 0.423. The van der Waals surface area contributed by atoms with Crippen molar-refractivity contribution >= 4 is 27.3 Å². The van der Waals surface area contributed by atoms with Gasteiger partial charge < -0.3 is 9.47 Å². The van der Waals surface area contributed by atoms with Gasteiger partial charge in [0.2, 0.25) is 0 Å². The molecule has 0 aliphatic carbocycles. The van der Waals surface area contributed by atoms with Crippen LogP contribution >= 0.6 is 11.3 Å². The molecule has 1 fully saturated rings. The number of ether oxygens (including phenoxy) is 2. The molecule has 0 amide bonds. The summed E-state index contributed by atoms with van der Waals surface area (Å²) < 4.78 is 12.4. The number of aromatic nitrogens is 4. The predicted octanol–water partition coefficient (Wildman–Crippen LogP) is 4.45. The van der Waals surface area contributed by atoms with E-state index in [1.807, 2.05) is 19.9 Å². The van der Waals surface area contributed by atoms with Crippen LogP contribution in [0.5, 0.6) is 6.01 Å². The second kappa shape index (κ2) is 11.6. The fourth-order valence-electron chi connectivity index (χ4n) is 3.75. The molecule has 1 saturated heterocycles. The van der Waals surface area contributed by atoms with Crippen LogP contribution in [0.2, 0.25) is 0 Å². The first kappa shape index (κ1) is 25.1. The number of nitrogens with one attached hydrogen (secondary N) is 1. The minimum absolute atomic E-state index is 0.247. The van der Waals surface area contributed by atoms with Crippen molar-refractivity contribution in [1.82, 2.24) is 24.8 Å². The van der Waals surface area contributed by atoms with Gasteiger partial charge in [-0.3, -0.25) is 15.3 Å². The zero-order valence-electron chi connectivity index (χ0n) is 20.7. The third-order valence-electron chi connectivity index (χ3n) is 5.95. The molecule has 0 unspecified atom stereocenters. The molecule has 0 aromatic carbocycles. The van der Waals surface area contributed by atoms with Crippen molar-refractivity contribution in [1.29, 1.82) is 5.41 Å². The number of pyridine rings is 1. The summed E-state index contributed by atoms with van der Waals surface area (Å²) in [5, 5.41) is 9.23. The van der Waals surface area contributed by atoms with Crippen molar-refractivity contribution < 1.29 is 9.47 Å². The Kier molecular flexibility index (Phi) is 8.33. The van der Waals surface area contributed by atoms with Crippen molar-refractivity contribution in [2.75, 3.05) is 39.5 Å². The first-order valence-corrected chi connectivity index (χ1v) is 12.7. The Morgan fingerprint density at radius 1 is 1.20 bits per heavy atom. The monoisotopic (exact) mass is 492 g/mol. The van der Waals surface area contributed by atoms with E-state index < -0.39 is 0 Å². The van der Waals surface area contributed by atoms with E-state index >= 15 is 0 Å². The zero-order valence-corrected chi connectivity index (χ0v) is 21.6. The van der Waals surface area contributed by atoms with Crippen LogP contribution in [0.4, 0.5) is 0 Å². The van der Waals surface area contributed by atoms with Gasteiger partial charge in [-0.2, -0.15) is 4.98 Å². The number of morpholine rings is 1. The topological polar surface area (TPSA) is 97.1 Å². The lowest BCUT2D eigenvalue weighted by atomic mass is 9.99. The molecule has 184 valence electrons. The van der Waals surface area contributed by atoms with Crippen LogP contribution in [0.15, 0.2) is 47.8 Å². The van der Waals surface area contributed by atoms with Crippen molar-refractivity contribution in [3.8, 4) is 6.01 Å². The maximum absolute atomic E-state index is 8.63. The van der Waals surface area contributed by atoms with Gasteiger partial charge in [0.15, 0.2) is 0 Å². The molecule has 8 nitrogen and oxygen atoms in total. The maximum atomic E-state index is 8.63. The smallest absolute Gasteiger partial charge is 0.317 e. The largest absolute Gasteiger partial charge is 0.459 e. The SMILES string of the molecule is CC=C(C=C(CN1CCOCC1)C(C)C)COc1nccc(C(=N)c2nc3c(C)nccc3s2)n1. The molecular formula is C26H32N6O2S. The Morgan fingerprint density at radius 2 is 1.97 bits per heavy atom. The number of allylic oxidation sites excluding steroid dienone is 1. The van der Waals surface area contributed by atoms with E-state index in [0.717, 1.165) is 54.3 Å². The molecule has 35 heavy (non-hydrogen) atoms. The number of aryl methyl sites for hydroxylation is 1. The second-order valence-corrected chi connectivity index (χ2v) is 9.81. The van der Waals surface area contributed by atoms with E-state index in [-0.39, 0.29) is 11.7 Å². The van der Waals surface area contributed by atoms with Gasteiger partial charge in [0.25, 0.3) is 0 Å². The van der Waals surface area contributed by atoms with E-state index in [4.69, 9.17) is 14.9 Å². The Balaban J connectivity index is 1.44. The normalized spacial score (nSPS) is 15.7. The average Bonchev–Trinajstić information content (AvgIpc) is 3.32. The standard InChI is InChI=1S/C26H32N6O2S/c1-5-19(14-20(17(2)3)15-32-10-12-33-13-11-32)16-34-26-29-8-6-21(30-26)23(27)25-31-24-18(4)28-9-7-22(24)35-25/h5-9,14,17,27H,10-13,15-16H2,1-4H3. The third-order valence-corrected chi connectivity index (χ3v) is 6.99. The Bertz CT molecular complexity index is 1240. The molecule has 0 bridgehead atoms. The molecule has 1 aliphatic heterocycles. The van der Waals surface area contributed by atoms with Gasteiger partial charge in [0.1, 0.15) is 22.8 Å². The van der Waals surface area contributed by atoms with E-state index in [0.29, 0.717) is 23.2 Å². The molecule has 0 atom stereocenters. The Morgan fingerprint density at radius 3 is 2.69 bits per heavy atom. The van der Waals surface area contributed by atoms with Crippen molar-refractivity contribution in [2.24, 2.45) is 5.92 Å². The summed E-state index contributed by atoms with van der Waals surface area (Å²) in [7, 11) is 0. The minimum Gasteiger partial charge on any atom is -0.459 e. The molecule has 1 N–H and O–H groups in total. The van der Waals surface area contributed by atoms with Gasteiger partial charge >= 0.3 is 6.01 Å². The predicted molar refractivity (Wildman–Crippen MR) is 140 cm³/mol. The quantitative estimate of drug-likeness (QED) is 0.348. The zero-order chi connectivity index (χ0) is 24.8. The van der Waals surface area contributed by atoms with Crippen molar-refractivity contribution in [2.45, 2.75) is 27.7 Å². The van der Waals surface area contributed by atoms with Gasteiger partial charge in [-0.25, -0.2) is 9.97 Å². The van der Waals surface area contributed by atoms with Gasteiger partial charge in [0.05, 0.1) is 29.3 Å². The molecule has 0 spiro atoms. The summed E-state index contributed by atoms with van der Waals surface area (Å²) in [4.78, 5) is 20.1. The van der Waals surface area contributed by atoms with Gasteiger partial charge in [-0.1, -0.05) is 31.6 Å². The number of nitrogens with zero attached hydrogens (tertiary/aromatic N) is 5. The first-order chi connectivity index (χ1) is 16.9.